The van der Waals surface area contributed by atoms with Crippen LogP contribution < -0.4 is 15.5 Å². The lowest BCUT2D eigenvalue weighted by atomic mass is 9.90. The van der Waals surface area contributed by atoms with Crippen LogP contribution in [0.25, 0.3) is 5.65 Å². The second-order valence-corrected chi connectivity index (χ2v) is 9.88. The van der Waals surface area contributed by atoms with Crippen LogP contribution in [0, 0.1) is 11.6 Å². The summed E-state index contributed by atoms with van der Waals surface area (Å²) in [5.41, 5.74) is 2.52. The number of hydrogen-bond donors (Lipinski definition) is 2. The van der Waals surface area contributed by atoms with E-state index in [0.717, 1.165) is 44.1 Å². The number of benzene rings is 2. The number of halogens is 3. The number of piperidine rings is 1. The second-order valence-electron chi connectivity index (χ2n) is 9.88. The van der Waals surface area contributed by atoms with Gasteiger partial charge in [-0.2, -0.15) is 5.10 Å². The van der Waals surface area contributed by atoms with Crippen molar-refractivity contribution < 1.29 is 18.0 Å². The molecule has 4 heterocycles. The molecule has 4 aromatic rings. The van der Waals surface area contributed by atoms with Crippen molar-refractivity contribution in [2.75, 3.05) is 29.9 Å². The number of hydrogen-bond acceptors (Lipinski definition) is 5. The quantitative estimate of drug-likeness (QED) is 0.387. The van der Waals surface area contributed by atoms with Crippen LogP contribution in [0.15, 0.2) is 60.9 Å². The van der Waals surface area contributed by atoms with Crippen LogP contribution in [0.4, 0.5) is 24.7 Å². The molecule has 2 aromatic carbocycles. The maximum absolute atomic E-state index is 14.5. The van der Waals surface area contributed by atoms with Gasteiger partial charge in [-0.25, -0.2) is 22.7 Å². The Morgan fingerprint density at radius 1 is 1.05 bits per heavy atom. The second kappa shape index (κ2) is 10.1. The molecule has 2 fully saturated rings. The Bertz CT molecular complexity index is 1470. The summed E-state index contributed by atoms with van der Waals surface area (Å²) >= 11 is 0. The SMILES string of the molecule is O=C(Nc1ccc(C2CCNCC2)cc1)c1cnn2ccc(N3C[C@@H](F)C[C@@H]3c3cc(F)ccc3F)nc12. The molecule has 2 aromatic heterocycles. The highest BCUT2D eigenvalue weighted by molar-refractivity contribution is 6.08. The van der Waals surface area contributed by atoms with Crippen LogP contribution in [0.3, 0.4) is 0 Å². The molecule has 6 rings (SSSR count). The van der Waals surface area contributed by atoms with Gasteiger partial charge in [0, 0.05) is 23.9 Å². The first-order valence-corrected chi connectivity index (χ1v) is 12.8. The van der Waals surface area contributed by atoms with Gasteiger partial charge >= 0.3 is 0 Å². The van der Waals surface area contributed by atoms with Crippen LogP contribution in [0.1, 0.15) is 52.7 Å². The van der Waals surface area contributed by atoms with Gasteiger partial charge in [0.15, 0.2) is 5.65 Å². The summed E-state index contributed by atoms with van der Waals surface area (Å²) in [5, 5.41) is 10.5. The molecule has 38 heavy (non-hydrogen) atoms. The van der Waals surface area contributed by atoms with E-state index in [2.05, 4.69) is 20.7 Å². The van der Waals surface area contributed by atoms with E-state index in [9.17, 15) is 18.0 Å². The molecule has 2 aliphatic heterocycles. The smallest absolute Gasteiger partial charge is 0.261 e. The minimum atomic E-state index is -1.23. The van der Waals surface area contributed by atoms with Crippen LogP contribution >= 0.6 is 0 Å². The van der Waals surface area contributed by atoms with Crippen molar-refractivity contribution in [3.05, 3.63) is 89.2 Å². The van der Waals surface area contributed by atoms with Gasteiger partial charge < -0.3 is 15.5 Å². The van der Waals surface area contributed by atoms with Gasteiger partial charge in [-0.1, -0.05) is 12.1 Å². The Morgan fingerprint density at radius 2 is 1.84 bits per heavy atom. The first-order chi connectivity index (χ1) is 18.5. The predicted octanol–water partition coefficient (Wildman–Crippen LogP) is 5.02. The lowest BCUT2D eigenvalue weighted by Gasteiger charge is -2.26. The molecule has 0 radical (unpaired) electrons. The van der Waals surface area contributed by atoms with E-state index in [1.807, 2.05) is 24.3 Å². The summed E-state index contributed by atoms with van der Waals surface area (Å²) in [4.78, 5) is 19.4. The van der Waals surface area contributed by atoms with E-state index in [1.165, 1.54) is 16.3 Å². The number of rotatable bonds is 5. The zero-order valence-corrected chi connectivity index (χ0v) is 20.6. The summed E-state index contributed by atoms with van der Waals surface area (Å²) < 4.78 is 44.4. The molecule has 0 saturated carbocycles. The van der Waals surface area contributed by atoms with E-state index in [0.29, 0.717) is 17.4 Å². The highest BCUT2D eigenvalue weighted by atomic mass is 19.1. The minimum absolute atomic E-state index is 0.00715. The first-order valence-electron chi connectivity index (χ1n) is 12.8. The normalized spacial score (nSPS) is 20.2. The highest BCUT2D eigenvalue weighted by Crippen LogP contribution is 2.38. The van der Waals surface area contributed by atoms with E-state index in [-0.39, 0.29) is 35.6 Å². The van der Waals surface area contributed by atoms with Crippen molar-refractivity contribution in [2.24, 2.45) is 0 Å². The van der Waals surface area contributed by atoms with E-state index >= 15 is 0 Å². The Morgan fingerprint density at radius 3 is 2.63 bits per heavy atom. The van der Waals surface area contributed by atoms with Crippen molar-refractivity contribution in [3.8, 4) is 0 Å². The zero-order valence-electron chi connectivity index (χ0n) is 20.6. The third kappa shape index (κ3) is 4.71. The van der Waals surface area contributed by atoms with E-state index in [1.54, 1.807) is 17.2 Å². The van der Waals surface area contributed by atoms with Gasteiger partial charge in [0.2, 0.25) is 0 Å². The fourth-order valence-electron chi connectivity index (χ4n) is 5.47. The van der Waals surface area contributed by atoms with Crippen LogP contribution in [-0.2, 0) is 0 Å². The summed E-state index contributed by atoms with van der Waals surface area (Å²) in [6.07, 6.45) is 4.00. The highest BCUT2D eigenvalue weighted by Gasteiger charge is 2.36. The molecule has 2 N–H and O–H groups in total. The van der Waals surface area contributed by atoms with Gasteiger partial charge in [0.05, 0.1) is 18.8 Å². The van der Waals surface area contributed by atoms with Crippen LogP contribution in [0.5, 0.6) is 0 Å². The molecular formula is C28H27F3N6O. The van der Waals surface area contributed by atoms with Gasteiger partial charge in [-0.05, 0) is 73.8 Å². The number of nitrogens with one attached hydrogen (secondary N) is 2. The van der Waals surface area contributed by atoms with Gasteiger partial charge in [0.1, 0.15) is 29.2 Å². The molecule has 0 aliphatic carbocycles. The molecule has 0 bridgehead atoms. The lowest BCUT2D eigenvalue weighted by Crippen LogP contribution is -2.26. The summed E-state index contributed by atoms with van der Waals surface area (Å²) in [6.45, 7) is 1.99. The molecule has 0 unspecified atom stereocenters. The van der Waals surface area contributed by atoms with Crippen LogP contribution in [-0.4, -0.2) is 46.3 Å². The molecule has 1 amide bonds. The average molecular weight is 521 g/mol. The number of anilines is 2. The Kier molecular flexibility index (Phi) is 6.49. The monoisotopic (exact) mass is 520 g/mol. The number of carbonyl (C=O) groups excluding carboxylic acids is 1. The molecule has 0 spiro atoms. The summed E-state index contributed by atoms with van der Waals surface area (Å²) in [5.74, 6) is -0.704. The Hall–Kier alpha value is -3.92. The van der Waals surface area contributed by atoms with Crippen LogP contribution in [0.2, 0.25) is 0 Å². The predicted molar refractivity (Wildman–Crippen MR) is 138 cm³/mol. The van der Waals surface area contributed by atoms with Crippen molar-refractivity contribution in [1.29, 1.82) is 0 Å². The molecule has 2 atom stereocenters. The van der Waals surface area contributed by atoms with Crippen molar-refractivity contribution in [3.63, 3.8) is 0 Å². The van der Waals surface area contributed by atoms with Gasteiger partial charge in [-0.3, -0.25) is 4.79 Å². The van der Waals surface area contributed by atoms with Gasteiger partial charge in [-0.15, -0.1) is 0 Å². The maximum atomic E-state index is 14.5. The molecule has 196 valence electrons. The Labute approximate surface area is 217 Å². The summed E-state index contributed by atoms with van der Waals surface area (Å²) in [7, 11) is 0. The average Bonchev–Trinajstić information content (AvgIpc) is 3.54. The Balaban J connectivity index is 1.25. The van der Waals surface area contributed by atoms with E-state index < -0.39 is 23.8 Å². The summed E-state index contributed by atoms with van der Waals surface area (Å²) in [6, 6.07) is 12.0. The van der Waals surface area contributed by atoms with Crippen molar-refractivity contribution in [2.45, 2.75) is 37.4 Å². The van der Waals surface area contributed by atoms with Crippen molar-refractivity contribution >= 4 is 23.1 Å². The minimum Gasteiger partial charge on any atom is -0.346 e. The zero-order chi connectivity index (χ0) is 26.2. The topological polar surface area (TPSA) is 74.6 Å². The molecule has 2 saturated heterocycles. The largest absolute Gasteiger partial charge is 0.346 e. The fourth-order valence-corrected chi connectivity index (χ4v) is 5.47. The number of carbonyl (C=O) groups is 1. The number of amides is 1. The number of fused-ring (bicyclic) bond motifs is 1. The number of alkyl halides is 1. The number of nitrogens with zero attached hydrogens (tertiary/aromatic N) is 4. The molecule has 2 aliphatic rings. The standard InChI is InChI=1S/C28H27F3N6O/c29-19-3-6-24(31)22(13-19)25-14-20(30)16-36(25)26-9-12-37-27(35-26)23(15-33-37)28(38)34-21-4-1-17(2-5-21)18-7-10-32-11-8-18/h1-6,9,12-13,15,18,20,25,32H,7-8,10-11,14,16H2,(H,34,38)/t20-,25+/m0/s1. The third-order valence-electron chi connectivity index (χ3n) is 7.44. The molecule has 10 heteroatoms. The molecule has 7 nitrogen and oxygen atoms in total. The van der Waals surface area contributed by atoms with Crippen molar-refractivity contribution in [1.82, 2.24) is 19.9 Å². The fraction of sp³-hybridized carbons (Fsp3) is 0.321. The lowest BCUT2D eigenvalue weighted by molar-refractivity contribution is 0.102. The van der Waals surface area contributed by atoms with E-state index in [4.69, 9.17) is 0 Å². The molecular weight excluding hydrogens is 493 g/mol. The number of aromatic nitrogens is 3. The van der Waals surface area contributed by atoms with Gasteiger partial charge in [0.25, 0.3) is 5.91 Å². The third-order valence-corrected chi connectivity index (χ3v) is 7.44. The first kappa shape index (κ1) is 24.4. The maximum Gasteiger partial charge on any atom is 0.261 e.